The van der Waals surface area contributed by atoms with Crippen LogP contribution in [0.3, 0.4) is 0 Å². The van der Waals surface area contributed by atoms with Crippen LogP contribution in [-0.4, -0.2) is 43.3 Å². The van der Waals surface area contributed by atoms with E-state index < -0.39 is 5.91 Å². The second-order valence-electron chi connectivity index (χ2n) is 4.66. The van der Waals surface area contributed by atoms with Crippen LogP contribution in [-0.2, 0) is 9.53 Å². The molecule has 9 heteroatoms. The number of aromatic nitrogens is 4. The van der Waals surface area contributed by atoms with Crippen molar-refractivity contribution in [2.75, 3.05) is 12.3 Å². The number of nitrogens with zero attached hydrogens (tertiary/aromatic N) is 4. The zero-order valence-electron chi connectivity index (χ0n) is 11.0. The van der Waals surface area contributed by atoms with Crippen LogP contribution in [0.2, 0.25) is 0 Å². The number of fused-ring (bicyclic) bond motifs is 1. The maximum atomic E-state index is 10.9. The van der Waals surface area contributed by atoms with Crippen LogP contribution in [0.25, 0.3) is 11.2 Å². The first kappa shape index (κ1) is 13.5. The second kappa shape index (κ2) is 5.46. The molecular weight excluding hydrogens is 276 g/mol. The molecule has 4 N–H and O–H groups in total. The summed E-state index contributed by atoms with van der Waals surface area (Å²) in [5, 5.41) is 8.42. The summed E-state index contributed by atoms with van der Waals surface area (Å²) in [7, 11) is 0. The Morgan fingerprint density at radius 1 is 1.48 bits per heavy atom. The Kier molecular flexibility index (Phi) is 3.50. The van der Waals surface area contributed by atoms with Crippen molar-refractivity contribution in [2.45, 2.75) is 18.6 Å². The van der Waals surface area contributed by atoms with E-state index in [9.17, 15) is 4.79 Å². The van der Waals surface area contributed by atoms with Crippen molar-refractivity contribution < 1.29 is 14.7 Å². The molecule has 0 saturated carbocycles. The quantitative estimate of drug-likeness (QED) is 0.404. The van der Waals surface area contributed by atoms with E-state index in [-0.39, 0.29) is 18.8 Å². The number of allylic oxidation sites excluding steroid dienone is 1. The van der Waals surface area contributed by atoms with Crippen molar-refractivity contribution in [3.8, 4) is 0 Å². The number of hydrogen-bond acceptors (Lipinski definition) is 7. The molecule has 9 nitrogen and oxygen atoms in total. The number of nitrogen functional groups attached to an aromatic ring is 1. The summed E-state index contributed by atoms with van der Waals surface area (Å²) in [6.45, 7) is -0.196. The molecular formula is C12H14N6O3. The summed E-state index contributed by atoms with van der Waals surface area (Å²) in [4.78, 5) is 23.2. The van der Waals surface area contributed by atoms with Gasteiger partial charge in [0.15, 0.2) is 11.5 Å². The molecule has 0 aromatic carbocycles. The van der Waals surface area contributed by atoms with E-state index in [2.05, 4.69) is 15.0 Å². The van der Waals surface area contributed by atoms with Gasteiger partial charge in [-0.1, -0.05) is 12.2 Å². The van der Waals surface area contributed by atoms with Crippen LogP contribution < -0.4 is 11.2 Å². The molecule has 21 heavy (non-hydrogen) atoms. The average molecular weight is 290 g/mol. The number of rotatable bonds is 4. The molecule has 1 aliphatic rings. The van der Waals surface area contributed by atoms with E-state index in [0.29, 0.717) is 23.4 Å². The van der Waals surface area contributed by atoms with Gasteiger partial charge in [-0.05, 0) is 0 Å². The predicted molar refractivity (Wildman–Crippen MR) is 72.2 cm³/mol. The van der Waals surface area contributed by atoms with Crippen molar-refractivity contribution in [1.82, 2.24) is 25.0 Å². The lowest BCUT2D eigenvalue weighted by atomic mass is 10.2. The normalized spacial score (nSPS) is 21.0. The third-order valence-corrected chi connectivity index (χ3v) is 3.32. The highest BCUT2D eigenvalue weighted by Crippen LogP contribution is 2.28. The molecule has 0 aliphatic heterocycles. The Morgan fingerprint density at radius 2 is 2.33 bits per heavy atom. The van der Waals surface area contributed by atoms with Crippen LogP contribution >= 0.6 is 0 Å². The molecule has 2 heterocycles. The standard InChI is InChI=1S/C12H14N6O3/c13-11-10-12(15-5-14-11)18(6-16-10)7-1-2-8(3-7)21-4-9(19)17-20/h1-2,5-8,20H,3-4H2,(H,17,19)(H2,13,14,15)/t7-,8-/m1/s1. The molecule has 0 spiro atoms. The highest BCUT2D eigenvalue weighted by atomic mass is 16.5. The predicted octanol–water partition coefficient (Wildman–Crippen LogP) is -0.200. The van der Waals surface area contributed by atoms with E-state index in [4.69, 9.17) is 15.7 Å². The summed E-state index contributed by atoms with van der Waals surface area (Å²) < 4.78 is 7.26. The lowest BCUT2D eigenvalue weighted by Crippen LogP contribution is -2.26. The Labute approximate surface area is 119 Å². The number of anilines is 1. The average Bonchev–Trinajstić information content (AvgIpc) is 3.11. The third-order valence-electron chi connectivity index (χ3n) is 3.32. The summed E-state index contributed by atoms with van der Waals surface area (Å²) in [6, 6.07) is 0.0199. The third kappa shape index (κ3) is 2.56. The van der Waals surface area contributed by atoms with E-state index >= 15 is 0 Å². The van der Waals surface area contributed by atoms with Gasteiger partial charge in [0.2, 0.25) is 0 Å². The monoisotopic (exact) mass is 290 g/mol. The highest BCUT2D eigenvalue weighted by molar-refractivity contribution is 5.81. The zero-order valence-corrected chi connectivity index (χ0v) is 11.0. The fraction of sp³-hybridized carbons (Fsp3) is 0.333. The van der Waals surface area contributed by atoms with Crippen molar-refractivity contribution in [2.24, 2.45) is 0 Å². The van der Waals surface area contributed by atoms with Gasteiger partial charge in [-0.2, -0.15) is 0 Å². The number of hydroxylamine groups is 1. The molecule has 2 atom stereocenters. The Morgan fingerprint density at radius 3 is 3.14 bits per heavy atom. The van der Waals surface area contributed by atoms with Crippen molar-refractivity contribution in [3.05, 3.63) is 24.8 Å². The Hall–Kier alpha value is -2.52. The highest BCUT2D eigenvalue weighted by Gasteiger charge is 2.23. The van der Waals surface area contributed by atoms with Crippen LogP contribution in [0.15, 0.2) is 24.8 Å². The largest absolute Gasteiger partial charge is 0.382 e. The van der Waals surface area contributed by atoms with Crippen LogP contribution in [0.4, 0.5) is 5.82 Å². The van der Waals surface area contributed by atoms with Gasteiger partial charge in [0.1, 0.15) is 18.5 Å². The molecule has 0 saturated heterocycles. The molecule has 3 rings (SSSR count). The topological polar surface area (TPSA) is 128 Å². The number of ether oxygens (including phenoxy) is 1. The number of carbonyl (C=O) groups excluding carboxylic acids is 1. The minimum absolute atomic E-state index is 0.0199. The lowest BCUT2D eigenvalue weighted by Gasteiger charge is -2.14. The van der Waals surface area contributed by atoms with Gasteiger partial charge < -0.3 is 15.0 Å². The van der Waals surface area contributed by atoms with E-state index in [1.54, 1.807) is 6.33 Å². The van der Waals surface area contributed by atoms with Crippen LogP contribution in [0.5, 0.6) is 0 Å². The number of nitrogens with one attached hydrogen (secondary N) is 1. The molecule has 1 aliphatic carbocycles. The number of hydrogen-bond donors (Lipinski definition) is 3. The van der Waals surface area contributed by atoms with Gasteiger partial charge in [-0.25, -0.2) is 20.4 Å². The SMILES string of the molecule is Nc1ncnc2c1ncn2[C@@H]1C=C[C@@H](OCC(=O)NO)C1. The number of nitrogens with two attached hydrogens (primary N) is 1. The molecule has 1 amide bonds. The molecule has 2 aromatic rings. The van der Waals surface area contributed by atoms with Crippen LogP contribution in [0.1, 0.15) is 12.5 Å². The van der Waals surface area contributed by atoms with Gasteiger partial charge in [0, 0.05) is 6.42 Å². The number of imidazole rings is 1. The van der Waals surface area contributed by atoms with E-state index in [1.807, 2.05) is 16.7 Å². The second-order valence-corrected chi connectivity index (χ2v) is 4.66. The van der Waals surface area contributed by atoms with E-state index in [0.717, 1.165) is 0 Å². The lowest BCUT2D eigenvalue weighted by molar-refractivity contribution is -0.135. The maximum absolute atomic E-state index is 10.9. The smallest absolute Gasteiger partial charge is 0.269 e. The Balaban J connectivity index is 1.72. The minimum Gasteiger partial charge on any atom is -0.382 e. The molecule has 0 unspecified atom stereocenters. The van der Waals surface area contributed by atoms with Crippen molar-refractivity contribution in [3.63, 3.8) is 0 Å². The van der Waals surface area contributed by atoms with Crippen molar-refractivity contribution in [1.29, 1.82) is 0 Å². The number of carbonyl (C=O) groups is 1. The molecule has 110 valence electrons. The summed E-state index contributed by atoms with van der Waals surface area (Å²) >= 11 is 0. The first-order valence-corrected chi connectivity index (χ1v) is 6.35. The summed E-state index contributed by atoms with van der Waals surface area (Å²) in [5.74, 6) is -0.242. The maximum Gasteiger partial charge on any atom is 0.269 e. The molecule has 0 bridgehead atoms. The molecule has 0 radical (unpaired) electrons. The first-order valence-electron chi connectivity index (χ1n) is 6.35. The van der Waals surface area contributed by atoms with Gasteiger partial charge in [-0.3, -0.25) is 10.0 Å². The van der Waals surface area contributed by atoms with Gasteiger partial charge in [0.05, 0.1) is 18.5 Å². The van der Waals surface area contributed by atoms with Gasteiger partial charge in [-0.15, -0.1) is 0 Å². The van der Waals surface area contributed by atoms with E-state index in [1.165, 1.54) is 11.8 Å². The minimum atomic E-state index is -0.583. The summed E-state index contributed by atoms with van der Waals surface area (Å²) in [6.07, 6.45) is 7.33. The van der Waals surface area contributed by atoms with Crippen LogP contribution in [0, 0.1) is 0 Å². The first-order chi connectivity index (χ1) is 10.2. The zero-order chi connectivity index (χ0) is 14.8. The Bertz CT molecular complexity index is 697. The molecule has 2 aromatic heterocycles. The fourth-order valence-corrected chi connectivity index (χ4v) is 2.30. The van der Waals surface area contributed by atoms with Gasteiger partial charge >= 0.3 is 0 Å². The van der Waals surface area contributed by atoms with Crippen molar-refractivity contribution >= 4 is 22.9 Å². The fourth-order valence-electron chi connectivity index (χ4n) is 2.30. The summed E-state index contributed by atoms with van der Waals surface area (Å²) in [5.41, 5.74) is 8.50. The number of amides is 1. The van der Waals surface area contributed by atoms with Gasteiger partial charge in [0.25, 0.3) is 5.91 Å². The molecule has 0 fully saturated rings.